The zero-order valence-corrected chi connectivity index (χ0v) is 18.5. The SMILES string of the molecule is COc1cc(CNC(C)c2ccccc2)ccc1OCc1nnnn1-c1ccc(C)cc1. The summed E-state index contributed by atoms with van der Waals surface area (Å²) in [6.07, 6.45) is 0. The summed E-state index contributed by atoms with van der Waals surface area (Å²) in [5.41, 5.74) is 4.43. The van der Waals surface area contributed by atoms with Gasteiger partial charge in [0.05, 0.1) is 12.8 Å². The predicted molar refractivity (Wildman–Crippen MR) is 123 cm³/mol. The van der Waals surface area contributed by atoms with Crippen molar-refractivity contribution >= 4 is 0 Å². The van der Waals surface area contributed by atoms with Crippen LogP contribution in [0.15, 0.2) is 72.8 Å². The fourth-order valence-electron chi connectivity index (χ4n) is 3.40. The fraction of sp³-hybridized carbons (Fsp3) is 0.240. The van der Waals surface area contributed by atoms with E-state index in [4.69, 9.17) is 9.47 Å². The number of hydrogen-bond donors (Lipinski definition) is 1. The average Bonchev–Trinajstić information content (AvgIpc) is 3.31. The van der Waals surface area contributed by atoms with Gasteiger partial charge >= 0.3 is 0 Å². The van der Waals surface area contributed by atoms with E-state index >= 15 is 0 Å². The first-order chi connectivity index (χ1) is 15.6. The van der Waals surface area contributed by atoms with Crippen molar-refractivity contribution in [3.63, 3.8) is 0 Å². The number of methoxy groups -OCH3 is 1. The minimum absolute atomic E-state index is 0.222. The Bertz CT molecular complexity index is 1140. The van der Waals surface area contributed by atoms with Gasteiger partial charge in [-0.3, -0.25) is 0 Å². The van der Waals surface area contributed by atoms with E-state index in [1.807, 2.05) is 55.5 Å². The van der Waals surface area contributed by atoms with E-state index in [9.17, 15) is 0 Å². The van der Waals surface area contributed by atoms with Gasteiger partial charge in [-0.25, -0.2) is 0 Å². The average molecular weight is 430 g/mol. The maximum absolute atomic E-state index is 6.00. The molecule has 0 aliphatic carbocycles. The molecule has 32 heavy (non-hydrogen) atoms. The number of aromatic nitrogens is 4. The maximum atomic E-state index is 6.00. The van der Waals surface area contributed by atoms with Crippen molar-refractivity contribution in [3.05, 3.63) is 95.3 Å². The molecule has 0 aliphatic heterocycles. The highest BCUT2D eigenvalue weighted by molar-refractivity contribution is 5.43. The zero-order chi connectivity index (χ0) is 22.3. The van der Waals surface area contributed by atoms with Crippen LogP contribution in [0, 0.1) is 6.92 Å². The lowest BCUT2D eigenvalue weighted by molar-refractivity contribution is 0.273. The highest BCUT2D eigenvalue weighted by atomic mass is 16.5. The van der Waals surface area contributed by atoms with Crippen LogP contribution >= 0.6 is 0 Å². The minimum Gasteiger partial charge on any atom is -0.493 e. The molecule has 164 valence electrons. The third-order valence-corrected chi connectivity index (χ3v) is 5.31. The summed E-state index contributed by atoms with van der Waals surface area (Å²) in [7, 11) is 1.64. The number of nitrogens with one attached hydrogen (secondary N) is 1. The second kappa shape index (κ2) is 10.1. The largest absolute Gasteiger partial charge is 0.493 e. The first-order valence-corrected chi connectivity index (χ1v) is 10.6. The summed E-state index contributed by atoms with van der Waals surface area (Å²) in [6, 6.07) is 24.6. The van der Waals surface area contributed by atoms with Crippen molar-refractivity contribution in [3.8, 4) is 17.2 Å². The van der Waals surface area contributed by atoms with Crippen LogP contribution in [0.2, 0.25) is 0 Å². The molecule has 0 saturated heterocycles. The Hall–Kier alpha value is -3.71. The summed E-state index contributed by atoms with van der Waals surface area (Å²) >= 11 is 0. The van der Waals surface area contributed by atoms with E-state index in [0.29, 0.717) is 17.3 Å². The van der Waals surface area contributed by atoms with E-state index in [1.54, 1.807) is 11.8 Å². The summed E-state index contributed by atoms with van der Waals surface area (Å²) in [5.74, 6) is 1.93. The molecule has 0 spiro atoms. The highest BCUT2D eigenvalue weighted by Crippen LogP contribution is 2.29. The molecule has 4 rings (SSSR count). The Morgan fingerprint density at radius 3 is 2.50 bits per heavy atom. The second-order valence-corrected chi connectivity index (χ2v) is 7.63. The number of nitrogens with zero attached hydrogens (tertiary/aromatic N) is 4. The van der Waals surface area contributed by atoms with E-state index in [1.165, 1.54) is 11.1 Å². The smallest absolute Gasteiger partial charge is 0.194 e. The first-order valence-electron chi connectivity index (χ1n) is 10.6. The van der Waals surface area contributed by atoms with Crippen molar-refractivity contribution in [2.75, 3.05) is 7.11 Å². The summed E-state index contributed by atoms with van der Waals surface area (Å²) in [5, 5.41) is 15.5. The van der Waals surface area contributed by atoms with E-state index < -0.39 is 0 Å². The van der Waals surface area contributed by atoms with Gasteiger partial charge in [-0.15, -0.1) is 5.10 Å². The monoisotopic (exact) mass is 429 g/mol. The molecule has 0 fully saturated rings. The molecule has 0 saturated carbocycles. The molecule has 3 aromatic carbocycles. The number of rotatable bonds is 9. The van der Waals surface area contributed by atoms with Gasteiger partial charge in [-0.1, -0.05) is 54.1 Å². The molecule has 1 heterocycles. The Kier molecular flexibility index (Phi) is 6.77. The Morgan fingerprint density at radius 2 is 1.75 bits per heavy atom. The number of ether oxygens (including phenoxy) is 2. The standard InChI is InChI=1S/C25H27N5O2/c1-18-9-12-22(13-10-18)30-25(27-28-29-30)17-32-23-14-11-20(15-24(23)31-3)16-26-19(2)21-7-5-4-6-8-21/h4-15,19,26H,16-17H2,1-3H3. The topological polar surface area (TPSA) is 74.1 Å². The number of benzene rings is 3. The third-order valence-electron chi connectivity index (χ3n) is 5.31. The quantitative estimate of drug-likeness (QED) is 0.425. The van der Waals surface area contributed by atoms with Crippen molar-refractivity contribution in [2.24, 2.45) is 0 Å². The Morgan fingerprint density at radius 1 is 0.969 bits per heavy atom. The molecule has 1 unspecified atom stereocenters. The van der Waals surface area contributed by atoms with Gasteiger partial charge in [0.1, 0.15) is 0 Å². The zero-order valence-electron chi connectivity index (χ0n) is 18.5. The molecule has 0 aliphatic rings. The molecule has 7 heteroatoms. The van der Waals surface area contributed by atoms with Crippen molar-refractivity contribution in [2.45, 2.75) is 33.0 Å². The summed E-state index contributed by atoms with van der Waals surface area (Å²) in [6.45, 7) is 5.14. The number of tetrazole rings is 1. The lowest BCUT2D eigenvalue weighted by Gasteiger charge is -2.16. The van der Waals surface area contributed by atoms with Crippen molar-refractivity contribution < 1.29 is 9.47 Å². The van der Waals surface area contributed by atoms with Crippen LogP contribution in [0.5, 0.6) is 11.5 Å². The first kappa shape index (κ1) is 21.5. The van der Waals surface area contributed by atoms with Crippen LogP contribution in [-0.2, 0) is 13.2 Å². The van der Waals surface area contributed by atoms with Gasteiger partial charge in [-0.2, -0.15) is 4.68 Å². The lowest BCUT2D eigenvalue weighted by Crippen LogP contribution is -2.18. The summed E-state index contributed by atoms with van der Waals surface area (Å²) in [4.78, 5) is 0. The normalized spacial score (nSPS) is 11.8. The van der Waals surface area contributed by atoms with Gasteiger partial charge in [-0.05, 0) is 59.7 Å². The molecule has 1 N–H and O–H groups in total. The molecule has 7 nitrogen and oxygen atoms in total. The lowest BCUT2D eigenvalue weighted by atomic mass is 10.1. The van der Waals surface area contributed by atoms with Gasteiger partial charge in [0.25, 0.3) is 0 Å². The Labute approximate surface area is 188 Å². The predicted octanol–water partition coefficient (Wildman–Crippen LogP) is 4.41. The minimum atomic E-state index is 0.222. The van der Waals surface area contributed by atoms with Gasteiger partial charge in [0.15, 0.2) is 23.9 Å². The van der Waals surface area contributed by atoms with Crippen LogP contribution in [0.1, 0.15) is 35.5 Å². The van der Waals surface area contributed by atoms with E-state index in [2.05, 4.69) is 52.0 Å². The molecule has 0 amide bonds. The molecular formula is C25H27N5O2. The fourth-order valence-corrected chi connectivity index (χ4v) is 3.40. The van der Waals surface area contributed by atoms with E-state index in [0.717, 1.165) is 17.8 Å². The molecule has 0 radical (unpaired) electrons. The highest BCUT2D eigenvalue weighted by Gasteiger charge is 2.12. The van der Waals surface area contributed by atoms with Crippen molar-refractivity contribution in [1.82, 2.24) is 25.5 Å². The van der Waals surface area contributed by atoms with Crippen LogP contribution in [0.3, 0.4) is 0 Å². The number of hydrogen-bond acceptors (Lipinski definition) is 6. The second-order valence-electron chi connectivity index (χ2n) is 7.63. The van der Waals surface area contributed by atoms with Crippen LogP contribution in [-0.4, -0.2) is 27.3 Å². The summed E-state index contributed by atoms with van der Waals surface area (Å²) < 4.78 is 13.2. The van der Waals surface area contributed by atoms with E-state index in [-0.39, 0.29) is 12.6 Å². The Balaban J connectivity index is 1.41. The van der Waals surface area contributed by atoms with Gasteiger partial charge in [0, 0.05) is 12.6 Å². The van der Waals surface area contributed by atoms with Crippen LogP contribution in [0.25, 0.3) is 5.69 Å². The third kappa shape index (κ3) is 5.12. The number of aryl methyl sites for hydroxylation is 1. The van der Waals surface area contributed by atoms with Gasteiger partial charge in [0.2, 0.25) is 0 Å². The van der Waals surface area contributed by atoms with Crippen molar-refractivity contribution in [1.29, 1.82) is 0 Å². The van der Waals surface area contributed by atoms with Gasteiger partial charge < -0.3 is 14.8 Å². The molecule has 1 aromatic heterocycles. The van der Waals surface area contributed by atoms with Crippen LogP contribution < -0.4 is 14.8 Å². The maximum Gasteiger partial charge on any atom is 0.194 e. The van der Waals surface area contributed by atoms with Crippen LogP contribution in [0.4, 0.5) is 0 Å². The molecule has 1 atom stereocenters. The molecule has 0 bridgehead atoms. The molecular weight excluding hydrogens is 402 g/mol. The molecule has 4 aromatic rings.